The Labute approximate surface area is 189 Å². The van der Waals surface area contributed by atoms with Crippen LogP contribution >= 0.6 is 0 Å². The number of hydrogen-bond acceptors (Lipinski definition) is 4. The summed E-state index contributed by atoms with van der Waals surface area (Å²) >= 11 is 0. The Morgan fingerprint density at radius 3 is 2.28 bits per heavy atom. The zero-order chi connectivity index (χ0) is 24.1. The monoisotopic (exact) mass is 463 g/mol. The van der Waals surface area contributed by atoms with Gasteiger partial charge in [0.25, 0.3) is 0 Å². The van der Waals surface area contributed by atoms with E-state index in [2.05, 4.69) is 5.32 Å². The van der Waals surface area contributed by atoms with E-state index in [1.165, 1.54) is 23.1 Å². The SMILES string of the molecule is Cc1cccc(CN(C(=O)CN(c2ccccc2F)S(C)(=O)=O)[C@H](C)C(=O)NC(C)C)c1. The standard InChI is InChI=1S/C23H30FN3O4S/c1-16(2)25-23(29)18(4)26(14-19-10-8-9-17(3)13-19)22(28)15-27(32(5,30)31)21-12-7-6-11-20(21)24/h6-13,16,18H,14-15H2,1-5H3,(H,25,29)/t18-/m1/s1. The average molecular weight is 464 g/mol. The van der Waals surface area contributed by atoms with Gasteiger partial charge in [-0.15, -0.1) is 0 Å². The van der Waals surface area contributed by atoms with Crippen LogP contribution in [0.3, 0.4) is 0 Å². The van der Waals surface area contributed by atoms with Crippen LogP contribution in [0.1, 0.15) is 31.9 Å². The van der Waals surface area contributed by atoms with Crippen molar-refractivity contribution in [1.82, 2.24) is 10.2 Å². The van der Waals surface area contributed by atoms with Gasteiger partial charge in [0, 0.05) is 12.6 Å². The summed E-state index contributed by atoms with van der Waals surface area (Å²) in [5.74, 6) is -1.74. The summed E-state index contributed by atoms with van der Waals surface area (Å²) < 4.78 is 39.9. The molecule has 32 heavy (non-hydrogen) atoms. The zero-order valence-electron chi connectivity index (χ0n) is 19.0. The number of benzene rings is 2. The van der Waals surface area contributed by atoms with E-state index in [0.717, 1.165) is 27.8 Å². The van der Waals surface area contributed by atoms with Gasteiger partial charge in [-0.05, 0) is 45.4 Å². The Morgan fingerprint density at radius 2 is 1.72 bits per heavy atom. The maximum absolute atomic E-state index is 14.3. The summed E-state index contributed by atoms with van der Waals surface area (Å²) in [5.41, 5.74) is 1.55. The Kier molecular flexibility index (Phi) is 8.38. The third-order valence-corrected chi connectivity index (χ3v) is 5.96. The van der Waals surface area contributed by atoms with E-state index in [-0.39, 0.29) is 24.2 Å². The third-order valence-electron chi connectivity index (χ3n) is 4.83. The van der Waals surface area contributed by atoms with Gasteiger partial charge in [-0.3, -0.25) is 13.9 Å². The van der Waals surface area contributed by atoms with E-state index in [4.69, 9.17) is 0 Å². The fraction of sp³-hybridized carbons (Fsp3) is 0.391. The minimum Gasteiger partial charge on any atom is -0.352 e. The first-order chi connectivity index (χ1) is 14.9. The van der Waals surface area contributed by atoms with Crippen molar-refractivity contribution in [2.24, 2.45) is 0 Å². The molecule has 0 saturated carbocycles. The highest BCUT2D eigenvalue weighted by molar-refractivity contribution is 7.92. The van der Waals surface area contributed by atoms with Gasteiger partial charge in [0.1, 0.15) is 18.4 Å². The average Bonchev–Trinajstić information content (AvgIpc) is 2.69. The number of nitrogens with zero attached hydrogens (tertiary/aromatic N) is 2. The number of nitrogens with one attached hydrogen (secondary N) is 1. The lowest BCUT2D eigenvalue weighted by atomic mass is 10.1. The number of para-hydroxylation sites is 1. The van der Waals surface area contributed by atoms with Crippen molar-refractivity contribution in [3.8, 4) is 0 Å². The van der Waals surface area contributed by atoms with Gasteiger partial charge in [0.05, 0.1) is 11.9 Å². The Hall–Kier alpha value is -2.94. The number of halogens is 1. The molecule has 0 heterocycles. The molecule has 2 aromatic carbocycles. The maximum Gasteiger partial charge on any atom is 0.244 e. The molecule has 1 N–H and O–H groups in total. The molecule has 2 amide bonds. The van der Waals surface area contributed by atoms with Crippen molar-refractivity contribution in [1.29, 1.82) is 0 Å². The Balaban J connectivity index is 2.40. The molecule has 0 aliphatic rings. The number of rotatable bonds is 9. The van der Waals surface area contributed by atoms with Gasteiger partial charge in [-0.1, -0.05) is 42.0 Å². The number of sulfonamides is 1. The lowest BCUT2D eigenvalue weighted by Gasteiger charge is -2.32. The number of carbonyl (C=O) groups is 2. The topological polar surface area (TPSA) is 86.8 Å². The molecule has 174 valence electrons. The van der Waals surface area contributed by atoms with E-state index < -0.39 is 34.3 Å². The number of carbonyl (C=O) groups excluding carboxylic acids is 2. The zero-order valence-corrected chi connectivity index (χ0v) is 19.8. The molecule has 0 radical (unpaired) electrons. The molecule has 0 bridgehead atoms. The molecule has 2 aromatic rings. The van der Waals surface area contributed by atoms with Crippen LogP contribution in [0.15, 0.2) is 48.5 Å². The maximum atomic E-state index is 14.3. The fourth-order valence-electron chi connectivity index (χ4n) is 3.24. The van der Waals surface area contributed by atoms with Gasteiger partial charge < -0.3 is 10.2 Å². The van der Waals surface area contributed by atoms with Crippen LogP contribution in [-0.4, -0.2) is 50.0 Å². The molecule has 0 spiro atoms. The molecular formula is C23H30FN3O4S. The summed E-state index contributed by atoms with van der Waals surface area (Å²) in [7, 11) is -3.97. The summed E-state index contributed by atoms with van der Waals surface area (Å²) in [5, 5.41) is 2.77. The Bertz CT molecular complexity index is 1070. The van der Waals surface area contributed by atoms with Crippen LogP contribution < -0.4 is 9.62 Å². The molecule has 0 fully saturated rings. The van der Waals surface area contributed by atoms with Gasteiger partial charge in [0.2, 0.25) is 21.8 Å². The molecule has 0 saturated heterocycles. The van der Waals surface area contributed by atoms with Crippen LogP contribution in [0.5, 0.6) is 0 Å². The largest absolute Gasteiger partial charge is 0.352 e. The van der Waals surface area contributed by atoms with Crippen molar-refractivity contribution < 1.29 is 22.4 Å². The van der Waals surface area contributed by atoms with Crippen molar-refractivity contribution in [2.75, 3.05) is 17.1 Å². The fourth-order valence-corrected chi connectivity index (χ4v) is 4.09. The minimum atomic E-state index is -3.97. The number of anilines is 1. The molecular weight excluding hydrogens is 433 g/mol. The van der Waals surface area contributed by atoms with Crippen LogP contribution in [0.25, 0.3) is 0 Å². The molecule has 1 atom stereocenters. The quantitative estimate of drug-likeness (QED) is 0.620. The van der Waals surface area contributed by atoms with Crippen molar-refractivity contribution in [2.45, 2.75) is 46.3 Å². The van der Waals surface area contributed by atoms with Crippen molar-refractivity contribution in [3.05, 3.63) is 65.5 Å². The molecule has 2 rings (SSSR count). The number of aryl methyl sites for hydroxylation is 1. The normalized spacial score (nSPS) is 12.3. The first-order valence-corrected chi connectivity index (χ1v) is 12.1. The lowest BCUT2D eigenvalue weighted by Crippen LogP contribution is -2.52. The van der Waals surface area contributed by atoms with Gasteiger partial charge in [-0.2, -0.15) is 0 Å². The van der Waals surface area contributed by atoms with E-state index >= 15 is 0 Å². The predicted molar refractivity (Wildman–Crippen MR) is 123 cm³/mol. The predicted octanol–water partition coefficient (Wildman–Crippen LogP) is 2.84. The highest BCUT2D eigenvalue weighted by Crippen LogP contribution is 2.22. The molecule has 0 aromatic heterocycles. The highest BCUT2D eigenvalue weighted by Gasteiger charge is 2.31. The summed E-state index contributed by atoms with van der Waals surface area (Å²) in [6.45, 7) is 6.57. The molecule has 7 nitrogen and oxygen atoms in total. The third kappa shape index (κ3) is 6.78. The van der Waals surface area contributed by atoms with Crippen LogP contribution in [0.2, 0.25) is 0 Å². The molecule has 9 heteroatoms. The second-order valence-electron chi connectivity index (χ2n) is 8.07. The highest BCUT2D eigenvalue weighted by atomic mass is 32.2. The van der Waals surface area contributed by atoms with Gasteiger partial charge in [-0.25, -0.2) is 12.8 Å². The first kappa shape index (κ1) is 25.3. The second kappa shape index (κ2) is 10.6. The molecule has 0 aliphatic heterocycles. The molecule has 0 unspecified atom stereocenters. The van der Waals surface area contributed by atoms with Crippen LogP contribution in [-0.2, 0) is 26.2 Å². The van der Waals surface area contributed by atoms with E-state index in [9.17, 15) is 22.4 Å². The van der Waals surface area contributed by atoms with E-state index in [0.29, 0.717) is 0 Å². The second-order valence-corrected chi connectivity index (χ2v) is 9.98. The van der Waals surface area contributed by atoms with Crippen molar-refractivity contribution >= 4 is 27.5 Å². The van der Waals surface area contributed by atoms with Gasteiger partial charge in [0.15, 0.2) is 0 Å². The summed E-state index contributed by atoms with van der Waals surface area (Å²) in [6.07, 6.45) is 0.909. The molecule has 0 aliphatic carbocycles. The smallest absolute Gasteiger partial charge is 0.244 e. The van der Waals surface area contributed by atoms with Crippen LogP contribution in [0, 0.1) is 12.7 Å². The van der Waals surface area contributed by atoms with E-state index in [1.807, 2.05) is 31.2 Å². The Morgan fingerprint density at radius 1 is 1.06 bits per heavy atom. The number of hydrogen-bond donors (Lipinski definition) is 1. The minimum absolute atomic E-state index is 0.0993. The summed E-state index contributed by atoms with van der Waals surface area (Å²) in [4.78, 5) is 27.3. The summed E-state index contributed by atoms with van der Waals surface area (Å²) in [6, 6.07) is 11.8. The number of amides is 2. The lowest BCUT2D eigenvalue weighted by molar-refractivity contribution is -0.139. The van der Waals surface area contributed by atoms with Crippen LogP contribution in [0.4, 0.5) is 10.1 Å². The van der Waals surface area contributed by atoms with Crippen molar-refractivity contribution in [3.63, 3.8) is 0 Å². The van der Waals surface area contributed by atoms with E-state index in [1.54, 1.807) is 20.8 Å². The van der Waals surface area contributed by atoms with Gasteiger partial charge >= 0.3 is 0 Å². The first-order valence-electron chi connectivity index (χ1n) is 10.3.